The van der Waals surface area contributed by atoms with E-state index in [-0.39, 0.29) is 0 Å². The van der Waals surface area contributed by atoms with Crippen molar-refractivity contribution in [3.63, 3.8) is 0 Å². The molecular weight excluding hydrogens is 184 g/mol. The minimum atomic E-state index is 0.636. The third-order valence-corrected chi connectivity index (χ3v) is 1.86. The van der Waals surface area contributed by atoms with Crippen LogP contribution in [0.3, 0.4) is 0 Å². The Balaban J connectivity index is 2.55. The van der Waals surface area contributed by atoms with E-state index in [0.29, 0.717) is 5.76 Å². The summed E-state index contributed by atoms with van der Waals surface area (Å²) in [5, 5.41) is 0. The van der Waals surface area contributed by atoms with Crippen LogP contribution >= 0.6 is 0 Å². The first kappa shape index (κ1) is 11.3. The van der Waals surface area contributed by atoms with Crippen LogP contribution in [0.5, 0.6) is 5.75 Å². The van der Waals surface area contributed by atoms with Crippen molar-refractivity contribution in [1.82, 2.24) is 0 Å². The van der Waals surface area contributed by atoms with Gasteiger partial charge in [-0.3, -0.25) is 0 Å². The highest BCUT2D eigenvalue weighted by atomic mass is 16.5. The maximum absolute atomic E-state index is 5.50. The first-order chi connectivity index (χ1) is 7.22. The van der Waals surface area contributed by atoms with E-state index < -0.39 is 0 Å². The molecule has 15 heavy (non-hydrogen) atoms. The number of benzene rings is 1. The van der Waals surface area contributed by atoms with Crippen LogP contribution in [0.4, 0.5) is 0 Å². The number of hydrogen-bond acceptors (Lipinski definition) is 1. The van der Waals surface area contributed by atoms with E-state index in [9.17, 15) is 0 Å². The Labute approximate surface area is 91.4 Å². The summed E-state index contributed by atoms with van der Waals surface area (Å²) in [7, 11) is 0. The van der Waals surface area contributed by atoms with Crippen LogP contribution in [0.25, 0.3) is 0 Å². The number of aryl methyl sites for hydroxylation is 1. The van der Waals surface area contributed by atoms with Crippen LogP contribution < -0.4 is 4.74 Å². The van der Waals surface area contributed by atoms with Crippen LogP contribution in [0, 0.1) is 6.92 Å². The Kier molecular flexibility index (Phi) is 4.42. The Morgan fingerprint density at radius 2 is 1.87 bits per heavy atom. The van der Waals surface area contributed by atoms with Crippen LogP contribution in [0.2, 0.25) is 0 Å². The molecule has 0 spiro atoms. The lowest BCUT2D eigenvalue weighted by atomic mass is 10.2. The molecule has 0 atom stereocenters. The lowest BCUT2D eigenvalue weighted by molar-refractivity contribution is 0.447. The summed E-state index contributed by atoms with van der Waals surface area (Å²) in [6, 6.07) is 7.89. The summed E-state index contributed by atoms with van der Waals surface area (Å²) in [5.74, 6) is 1.45. The van der Waals surface area contributed by atoms with Crippen molar-refractivity contribution < 1.29 is 4.74 Å². The first-order valence-corrected chi connectivity index (χ1v) is 4.95. The van der Waals surface area contributed by atoms with E-state index in [0.717, 1.165) is 5.75 Å². The predicted molar refractivity (Wildman–Crippen MR) is 64.9 cm³/mol. The molecule has 0 fully saturated rings. The Morgan fingerprint density at radius 1 is 1.20 bits per heavy atom. The smallest absolute Gasteiger partial charge is 0.127 e. The van der Waals surface area contributed by atoms with Crippen molar-refractivity contribution in [2.75, 3.05) is 0 Å². The summed E-state index contributed by atoms with van der Waals surface area (Å²) in [6.07, 6.45) is 7.62. The molecule has 0 amide bonds. The normalized spacial score (nSPS) is 11.1. The molecule has 0 bridgehead atoms. The molecule has 0 aliphatic carbocycles. The summed E-state index contributed by atoms with van der Waals surface area (Å²) in [6.45, 7) is 7.81. The van der Waals surface area contributed by atoms with Gasteiger partial charge in [-0.2, -0.15) is 0 Å². The molecule has 0 unspecified atom stereocenters. The van der Waals surface area contributed by atoms with Crippen LogP contribution in [-0.2, 0) is 0 Å². The lowest BCUT2D eigenvalue weighted by Crippen LogP contribution is -1.89. The average molecular weight is 200 g/mol. The molecule has 0 radical (unpaired) electrons. The van der Waals surface area contributed by atoms with Crippen molar-refractivity contribution in [2.24, 2.45) is 0 Å². The maximum atomic E-state index is 5.50. The maximum Gasteiger partial charge on any atom is 0.127 e. The highest BCUT2D eigenvalue weighted by Gasteiger charge is 1.93. The van der Waals surface area contributed by atoms with Crippen molar-refractivity contribution in [3.05, 3.63) is 66.5 Å². The van der Waals surface area contributed by atoms with Crippen molar-refractivity contribution in [1.29, 1.82) is 0 Å². The second-order valence-corrected chi connectivity index (χ2v) is 3.27. The molecule has 0 heterocycles. The van der Waals surface area contributed by atoms with Gasteiger partial charge in [-0.1, -0.05) is 42.5 Å². The van der Waals surface area contributed by atoms with Gasteiger partial charge in [-0.15, -0.1) is 0 Å². The molecule has 0 aliphatic rings. The highest BCUT2D eigenvalue weighted by Crippen LogP contribution is 2.14. The molecule has 0 aromatic heterocycles. The van der Waals surface area contributed by atoms with E-state index in [2.05, 4.69) is 6.58 Å². The Hall–Kier alpha value is -1.76. The minimum absolute atomic E-state index is 0.636. The third kappa shape index (κ3) is 4.32. The number of allylic oxidation sites excluding steroid dienone is 4. The SMILES string of the molecule is C=C(/C=C\C=C/C)Oc1ccc(C)cc1. The van der Waals surface area contributed by atoms with Crippen molar-refractivity contribution in [2.45, 2.75) is 13.8 Å². The minimum Gasteiger partial charge on any atom is -0.458 e. The fourth-order valence-electron chi connectivity index (χ4n) is 1.07. The van der Waals surface area contributed by atoms with Gasteiger partial charge in [0.1, 0.15) is 11.5 Å². The van der Waals surface area contributed by atoms with Gasteiger partial charge in [0.15, 0.2) is 0 Å². The fourth-order valence-corrected chi connectivity index (χ4v) is 1.07. The number of ether oxygens (including phenoxy) is 1. The largest absolute Gasteiger partial charge is 0.458 e. The molecule has 78 valence electrons. The van der Waals surface area contributed by atoms with Crippen molar-refractivity contribution in [3.8, 4) is 5.75 Å². The summed E-state index contributed by atoms with van der Waals surface area (Å²) in [4.78, 5) is 0. The molecular formula is C14H16O. The van der Waals surface area contributed by atoms with Gasteiger partial charge in [0.2, 0.25) is 0 Å². The van der Waals surface area contributed by atoms with E-state index >= 15 is 0 Å². The van der Waals surface area contributed by atoms with Gasteiger partial charge in [0, 0.05) is 0 Å². The monoisotopic (exact) mass is 200 g/mol. The molecule has 0 saturated heterocycles. The molecule has 1 nitrogen and oxygen atoms in total. The van der Waals surface area contributed by atoms with Gasteiger partial charge in [0.25, 0.3) is 0 Å². The average Bonchev–Trinajstić information content (AvgIpc) is 2.22. The van der Waals surface area contributed by atoms with Gasteiger partial charge >= 0.3 is 0 Å². The van der Waals surface area contributed by atoms with E-state index in [1.807, 2.05) is 62.4 Å². The first-order valence-electron chi connectivity index (χ1n) is 4.95. The zero-order chi connectivity index (χ0) is 11.1. The van der Waals surface area contributed by atoms with Crippen LogP contribution in [0.1, 0.15) is 12.5 Å². The van der Waals surface area contributed by atoms with Gasteiger partial charge in [0.05, 0.1) is 0 Å². The zero-order valence-corrected chi connectivity index (χ0v) is 9.23. The van der Waals surface area contributed by atoms with E-state index in [1.165, 1.54) is 5.56 Å². The summed E-state index contributed by atoms with van der Waals surface area (Å²) < 4.78 is 5.50. The fraction of sp³-hybridized carbons (Fsp3) is 0.143. The molecule has 0 aliphatic heterocycles. The van der Waals surface area contributed by atoms with Gasteiger partial charge < -0.3 is 4.74 Å². The molecule has 1 rings (SSSR count). The summed E-state index contributed by atoms with van der Waals surface area (Å²) >= 11 is 0. The number of rotatable bonds is 4. The molecule has 1 aromatic rings. The van der Waals surface area contributed by atoms with Crippen LogP contribution in [-0.4, -0.2) is 0 Å². The van der Waals surface area contributed by atoms with E-state index in [1.54, 1.807) is 0 Å². The summed E-state index contributed by atoms with van der Waals surface area (Å²) in [5.41, 5.74) is 1.22. The van der Waals surface area contributed by atoms with Crippen molar-refractivity contribution >= 4 is 0 Å². The lowest BCUT2D eigenvalue weighted by Gasteiger charge is -2.04. The molecule has 1 aromatic carbocycles. The predicted octanol–water partition coefficient (Wildman–Crippen LogP) is 4.02. The Morgan fingerprint density at radius 3 is 2.47 bits per heavy atom. The molecule has 0 saturated carbocycles. The topological polar surface area (TPSA) is 9.23 Å². The standard InChI is InChI=1S/C14H16O/c1-4-5-6-7-13(3)15-14-10-8-12(2)9-11-14/h4-11H,3H2,1-2H3/b5-4-,7-6-. The number of hydrogen-bond donors (Lipinski definition) is 0. The Bertz CT molecular complexity index is 369. The van der Waals surface area contributed by atoms with Crippen LogP contribution in [0.15, 0.2) is 60.9 Å². The quantitative estimate of drug-likeness (QED) is 0.527. The zero-order valence-electron chi connectivity index (χ0n) is 9.23. The second-order valence-electron chi connectivity index (χ2n) is 3.27. The highest BCUT2D eigenvalue weighted by molar-refractivity contribution is 5.29. The molecule has 0 N–H and O–H groups in total. The third-order valence-electron chi connectivity index (χ3n) is 1.86. The van der Waals surface area contributed by atoms with Gasteiger partial charge in [-0.25, -0.2) is 0 Å². The second kappa shape index (κ2) is 5.86. The van der Waals surface area contributed by atoms with Gasteiger partial charge in [-0.05, 0) is 32.1 Å². The molecule has 1 heteroatoms. The van der Waals surface area contributed by atoms with E-state index in [4.69, 9.17) is 4.74 Å².